The second-order valence-electron chi connectivity index (χ2n) is 6.07. The van der Waals surface area contributed by atoms with E-state index in [4.69, 9.17) is 0 Å². The maximum absolute atomic E-state index is 12.8. The van der Waals surface area contributed by atoms with Crippen LogP contribution in [0.15, 0.2) is 64.3 Å². The number of carbonyl (C=O) groups is 1. The topological polar surface area (TPSA) is 108 Å². The molecule has 7 heteroatoms. The van der Waals surface area contributed by atoms with Crippen LogP contribution in [0.2, 0.25) is 0 Å². The summed E-state index contributed by atoms with van der Waals surface area (Å²) in [5.74, 6) is -1.24. The zero-order chi connectivity index (χ0) is 18.3. The molecule has 4 rings (SSSR count). The normalized spacial score (nSPS) is 12.5. The standard InChI is InChI=1S/C19H15N3O4/c23-17-13-6-2-4-8-15(13)21-19(26)22(17)16(18(24)25)9-11-10-20-14-7-3-1-5-12(11)14/h1-8,10,16,20H,9H2,(H,21,26)(H,24,25). The molecule has 130 valence electrons. The number of H-pyrrole nitrogens is 2. The summed E-state index contributed by atoms with van der Waals surface area (Å²) in [6.45, 7) is 0. The Morgan fingerprint density at radius 3 is 2.38 bits per heavy atom. The van der Waals surface area contributed by atoms with Gasteiger partial charge in [0.1, 0.15) is 6.04 Å². The predicted molar refractivity (Wildman–Crippen MR) is 97.5 cm³/mol. The van der Waals surface area contributed by atoms with E-state index in [1.54, 1.807) is 30.5 Å². The van der Waals surface area contributed by atoms with Crippen LogP contribution in [-0.4, -0.2) is 25.6 Å². The number of hydrogen-bond acceptors (Lipinski definition) is 3. The first-order chi connectivity index (χ1) is 12.6. The number of rotatable bonds is 4. The van der Waals surface area contributed by atoms with Gasteiger partial charge in [0, 0.05) is 23.5 Å². The molecule has 0 aliphatic rings. The van der Waals surface area contributed by atoms with Crippen LogP contribution in [0.4, 0.5) is 0 Å². The first-order valence-corrected chi connectivity index (χ1v) is 8.07. The third-order valence-electron chi connectivity index (χ3n) is 4.52. The van der Waals surface area contributed by atoms with Crippen molar-refractivity contribution in [3.63, 3.8) is 0 Å². The maximum atomic E-state index is 12.8. The number of benzene rings is 2. The molecular formula is C19H15N3O4. The van der Waals surface area contributed by atoms with Crippen LogP contribution in [-0.2, 0) is 11.2 Å². The molecule has 26 heavy (non-hydrogen) atoms. The first kappa shape index (κ1) is 15.9. The molecule has 0 aliphatic heterocycles. The zero-order valence-electron chi connectivity index (χ0n) is 13.6. The molecule has 2 aromatic heterocycles. The van der Waals surface area contributed by atoms with Crippen molar-refractivity contribution < 1.29 is 9.90 Å². The summed E-state index contributed by atoms with van der Waals surface area (Å²) in [5.41, 5.74) is 0.631. The summed E-state index contributed by atoms with van der Waals surface area (Å²) < 4.78 is 0.784. The molecule has 7 nitrogen and oxygen atoms in total. The van der Waals surface area contributed by atoms with Gasteiger partial charge in [-0.15, -0.1) is 0 Å². The minimum atomic E-state index is -1.31. The van der Waals surface area contributed by atoms with E-state index in [-0.39, 0.29) is 11.8 Å². The lowest BCUT2D eigenvalue weighted by Crippen LogP contribution is -2.41. The summed E-state index contributed by atoms with van der Waals surface area (Å²) in [7, 11) is 0. The lowest BCUT2D eigenvalue weighted by molar-refractivity contribution is -0.141. The summed E-state index contributed by atoms with van der Waals surface area (Å²) in [5, 5.41) is 10.8. The number of nitrogens with zero attached hydrogens (tertiary/aromatic N) is 1. The molecule has 0 spiro atoms. The monoisotopic (exact) mass is 349 g/mol. The molecular weight excluding hydrogens is 334 g/mol. The highest BCUT2D eigenvalue weighted by Gasteiger charge is 2.25. The zero-order valence-corrected chi connectivity index (χ0v) is 13.6. The number of carboxylic acids is 1. The molecule has 0 radical (unpaired) electrons. The Morgan fingerprint density at radius 2 is 1.65 bits per heavy atom. The van der Waals surface area contributed by atoms with E-state index in [9.17, 15) is 19.5 Å². The number of fused-ring (bicyclic) bond motifs is 2. The Morgan fingerprint density at radius 1 is 1.00 bits per heavy atom. The highest BCUT2D eigenvalue weighted by Crippen LogP contribution is 2.22. The SMILES string of the molecule is O=C(O)C(Cc1c[nH]c2ccccc12)n1c(=O)[nH]c2ccccc2c1=O. The minimum Gasteiger partial charge on any atom is -0.480 e. The summed E-state index contributed by atoms with van der Waals surface area (Å²) >= 11 is 0. The number of carboxylic acid groups (broad SMARTS) is 1. The maximum Gasteiger partial charge on any atom is 0.329 e. The second-order valence-corrected chi connectivity index (χ2v) is 6.07. The van der Waals surface area contributed by atoms with E-state index in [0.29, 0.717) is 5.52 Å². The number of hydrogen-bond donors (Lipinski definition) is 3. The molecule has 3 N–H and O–H groups in total. The highest BCUT2D eigenvalue weighted by molar-refractivity contribution is 5.84. The van der Waals surface area contributed by atoms with Crippen LogP contribution < -0.4 is 11.2 Å². The molecule has 0 aliphatic carbocycles. The number of aromatic nitrogens is 3. The molecule has 4 aromatic rings. The van der Waals surface area contributed by atoms with Crippen molar-refractivity contribution in [2.75, 3.05) is 0 Å². The molecule has 1 atom stereocenters. The Hall–Kier alpha value is -3.61. The number of nitrogens with one attached hydrogen (secondary N) is 2. The summed E-state index contributed by atoms with van der Waals surface area (Å²) in [4.78, 5) is 42.7. The van der Waals surface area contributed by atoms with Gasteiger partial charge in [-0.2, -0.15) is 0 Å². The second kappa shape index (κ2) is 6.03. The predicted octanol–water partition coefficient (Wildman–Crippen LogP) is 2.04. The lowest BCUT2D eigenvalue weighted by Gasteiger charge is -2.15. The van der Waals surface area contributed by atoms with Gasteiger partial charge in [0.2, 0.25) is 0 Å². The van der Waals surface area contributed by atoms with Crippen LogP contribution in [0.3, 0.4) is 0 Å². The molecule has 2 aromatic carbocycles. The quantitative estimate of drug-likeness (QED) is 0.524. The molecule has 0 amide bonds. The fourth-order valence-electron chi connectivity index (χ4n) is 3.26. The molecule has 0 fully saturated rings. The lowest BCUT2D eigenvalue weighted by atomic mass is 10.0. The van der Waals surface area contributed by atoms with Crippen molar-refractivity contribution in [3.05, 3.63) is 81.1 Å². The molecule has 0 saturated carbocycles. The van der Waals surface area contributed by atoms with E-state index >= 15 is 0 Å². The van der Waals surface area contributed by atoms with Gasteiger partial charge in [-0.1, -0.05) is 30.3 Å². The van der Waals surface area contributed by atoms with Gasteiger partial charge in [-0.25, -0.2) is 14.2 Å². The molecule has 0 saturated heterocycles. The third kappa shape index (κ3) is 2.50. The summed E-state index contributed by atoms with van der Waals surface area (Å²) in [6, 6.07) is 12.7. The van der Waals surface area contributed by atoms with Crippen molar-refractivity contribution in [2.45, 2.75) is 12.5 Å². The van der Waals surface area contributed by atoms with Crippen molar-refractivity contribution >= 4 is 27.8 Å². The number of para-hydroxylation sites is 2. The summed E-state index contributed by atoms with van der Waals surface area (Å²) in [6.07, 6.45) is 1.72. The van der Waals surface area contributed by atoms with Crippen LogP contribution >= 0.6 is 0 Å². The van der Waals surface area contributed by atoms with E-state index in [1.807, 2.05) is 24.3 Å². The molecule has 2 heterocycles. The van der Waals surface area contributed by atoms with Gasteiger partial charge in [0.25, 0.3) is 5.56 Å². The Labute approximate surface area is 146 Å². The van der Waals surface area contributed by atoms with E-state index in [2.05, 4.69) is 9.97 Å². The van der Waals surface area contributed by atoms with Gasteiger partial charge in [-0.3, -0.25) is 4.79 Å². The average Bonchev–Trinajstić information content (AvgIpc) is 3.04. The van der Waals surface area contributed by atoms with Crippen LogP contribution in [0, 0.1) is 0 Å². The number of aromatic amines is 2. The Kier molecular flexibility index (Phi) is 3.69. The van der Waals surface area contributed by atoms with Crippen molar-refractivity contribution in [3.8, 4) is 0 Å². The van der Waals surface area contributed by atoms with Crippen molar-refractivity contribution in [1.29, 1.82) is 0 Å². The highest BCUT2D eigenvalue weighted by atomic mass is 16.4. The number of aliphatic carboxylic acids is 1. The van der Waals surface area contributed by atoms with E-state index in [1.165, 1.54) is 0 Å². The van der Waals surface area contributed by atoms with E-state index < -0.39 is 23.3 Å². The van der Waals surface area contributed by atoms with E-state index in [0.717, 1.165) is 21.0 Å². The van der Waals surface area contributed by atoms with Gasteiger partial charge >= 0.3 is 11.7 Å². The smallest absolute Gasteiger partial charge is 0.329 e. The average molecular weight is 349 g/mol. The molecule has 1 unspecified atom stereocenters. The van der Waals surface area contributed by atoms with Gasteiger partial charge in [0.15, 0.2) is 0 Å². The van der Waals surface area contributed by atoms with Crippen LogP contribution in [0.1, 0.15) is 11.6 Å². The van der Waals surface area contributed by atoms with Crippen molar-refractivity contribution in [2.24, 2.45) is 0 Å². The fourth-order valence-corrected chi connectivity index (χ4v) is 3.26. The van der Waals surface area contributed by atoms with Crippen LogP contribution in [0.25, 0.3) is 21.8 Å². The minimum absolute atomic E-state index is 0.0146. The van der Waals surface area contributed by atoms with Crippen molar-refractivity contribution in [1.82, 2.24) is 14.5 Å². The first-order valence-electron chi connectivity index (χ1n) is 8.07. The third-order valence-corrected chi connectivity index (χ3v) is 4.52. The van der Waals surface area contributed by atoms with Crippen LogP contribution in [0.5, 0.6) is 0 Å². The van der Waals surface area contributed by atoms with Gasteiger partial charge in [-0.05, 0) is 23.8 Å². The Bertz CT molecular complexity index is 1250. The van der Waals surface area contributed by atoms with Gasteiger partial charge < -0.3 is 15.1 Å². The van der Waals surface area contributed by atoms with Gasteiger partial charge in [0.05, 0.1) is 10.9 Å². The molecule has 0 bridgehead atoms. The largest absolute Gasteiger partial charge is 0.480 e. The Balaban J connectivity index is 1.88. The fraction of sp³-hybridized carbons (Fsp3) is 0.105.